The fourth-order valence-corrected chi connectivity index (χ4v) is 1.32. The third kappa shape index (κ3) is 2.26. The van der Waals surface area contributed by atoms with Crippen LogP contribution in [0.2, 0.25) is 0 Å². The van der Waals surface area contributed by atoms with Crippen molar-refractivity contribution in [1.82, 2.24) is 15.0 Å². The number of halogens is 1. The fraction of sp³-hybridized carbons (Fsp3) is 0.167. The topological polar surface area (TPSA) is 30.7 Å². The number of terminal acetylenes is 1. The average Bonchev–Trinajstić information content (AvgIpc) is 2.76. The molecule has 0 amide bonds. The molecular formula is C12H10FN3. The van der Waals surface area contributed by atoms with E-state index in [-0.39, 0.29) is 5.82 Å². The van der Waals surface area contributed by atoms with Crippen molar-refractivity contribution in [1.29, 1.82) is 0 Å². The highest BCUT2D eigenvalue weighted by molar-refractivity contribution is 5.57. The second-order valence-electron chi connectivity index (χ2n) is 3.29. The molecule has 0 unspecified atom stereocenters. The minimum atomic E-state index is -0.261. The van der Waals surface area contributed by atoms with Crippen molar-refractivity contribution in [3.05, 3.63) is 36.3 Å². The first-order chi connectivity index (χ1) is 7.79. The molecule has 0 atom stereocenters. The monoisotopic (exact) mass is 215 g/mol. The fourth-order valence-electron chi connectivity index (χ4n) is 1.32. The SMILES string of the molecule is C#CCCn1ncc(-c2ccc(F)cc2)n1. The second kappa shape index (κ2) is 4.58. The van der Waals surface area contributed by atoms with Crippen LogP contribution in [0.4, 0.5) is 4.39 Å². The Hall–Kier alpha value is -2.15. The minimum absolute atomic E-state index is 0.261. The predicted molar refractivity (Wildman–Crippen MR) is 58.9 cm³/mol. The van der Waals surface area contributed by atoms with E-state index in [1.165, 1.54) is 12.1 Å². The molecule has 0 spiro atoms. The minimum Gasteiger partial charge on any atom is -0.207 e. The summed E-state index contributed by atoms with van der Waals surface area (Å²) in [5, 5.41) is 8.30. The van der Waals surface area contributed by atoms with Gasteiger partial charge in [0, 0.05) is 12.0 Å². The Labute approximate surface area is 92.9 Å². The number of hydrogen-bond donors (Lipinski definition) is 0. The molecule has 0 fully saturated rings. The Morgan fingerprint density at radius 3 is 2.75 bits per heavy atom. The molecule has 4 heteroatoms. The zero-order chi connectivity index (χ0) is 11.4. The van der Waals surface area contributed by atoms with E-state index < -0.39 is 0 Å². The molecule has 0 aliphatic heterocycles. The van der Waals surface area contributed by atoms with E-state index in [1.807, 2.05) is 0 Å². The zero-order valence-electron chi connectivity index (χ0n) is 8.60. The molecule has 2 aromatic rings. The summed E-state index contributed by atoms with van der Waals surface area (Å²) in [6.45, 7) is 0.595. The molecule has 0 saturated heterocycles. The lowest BCUT2D eigenvalue weighted by molar-refractivity contribution is 0.549. The van der Waals surface area contributed by atoms with Gasteiger partial charge in [-0.1, -0.05) is 0 Å². The van der Waals surface area contributed by atoms with Gasteiger partial charge in [-0.05, 0) is 24.3 Å². The summed E-state index contributed by atoms with van der Waals surface area (Å²) >= 11 is 0. The molecule has 0 radical (unpaired) electrons. The molecular weight excluding hydrogens is 205 g/mol. The van der Waals surface area contributed by atoms with Crippen LogP contribution in [0.3, 0.4) is 0 Å². The van der Waals surface area contributed by atoms with E-state index in [4.69, 9.17) is 6.42 Å². The summed E-state index contributed by atoms with van der Waals surface area (Å²) < 4.78 is 12.7. The molecule has 0 aliphatic rings. The van der Waals surface area contributed by atoms with Crippen LogP contribution < -0.4 is 0 Å². The first-order valence-electron chi connectivity index (χ1n) is 4.89. The Morgan fingerprint density at radius 1 is 1.31 bits per heavy atom. The second-order valence-corrected chi connectivity index (χ2v) is 3.29. The van der Waals surface area contributed by atoms with Gasteiger partial charge in [-0.3, -0.25) is 0 Å². The molecule has 2 rings (SSSR count). The van der Waals surface area contributed by atoms with E-state index >= 15 is 0 Å². The lowest BCUT2D eigenvalue weighted by atomic mass is 10.2. The standard InChI is InChI=1S/C12H10FN3/c1-2-3-8-16-14-9-12(15-16)10-4-6-11(13)7-5-10/h1,4-7,9H,3,8H2. The maximum absolute atomic E-state index is 12.7. The highest BCUT2D eigenvalue weighted by Crippen LogP contribution is 2.15. The number of benzene rings is 1. The number of aryl methyl sites for hydroxylation is 1. The van der Waals surface area contributed by atoms with E-state index in [0.29, 0.717) is 13.0 Å². The molecule has 16 heavy (non-hydrogen) atoms. The van der Waals surface area contributed by atoms with Gasteiger partial charge < -0.3 is 0 Å². The Bertz CT molecular complexity index is 508. The predicted octanol–water partition coefficient (Wildman–Crippen LogP) is 2.11. The maximum atomic E-state index is 12.7. The molecule has 1 aromatic carbocycles. The molecule has 0 N–H and O–H groups in total. The van der Waals surface area contributed by atoms with Gasteiger partial charge in [0.1, 0.15) is 11.5 Å². The first kappa shape index (κ1) is 10.4. The zero-order valence-corrected chi connectivity index (χ0v) is 8.60. The van der Waals surface area contributed by atoms with Crippen LogP contribution in [0, 0.1) is 18.2 Å². The van der Waals surface area contributed by atoms with Crippen LogP contribution in [0.25, 0.3) is 11.3 Å². The van der Waals surface area contributed by atoms with Gasteiger partial charge in [-0.15, -0.1) is 12.3 Å². The van der Waals surface area contributed by atoms with Gasteiger partial charge in [0.25, 0.3) is 0 Å². The highest BCUT2D eigenvalue weighted by Gasteiger charge is 2.03. The summed E-state index contributed by atoms with van der Waals surface area (Å²) in [4.78, 5) is 1.54. The van der Waals surface area contributed by atoms with Crippen LogP contribution in [-0.4, -0.2) is 15.0 Å². The van der Waals surface area contributed by atoms with Crippen LogP contribution in [0.1, 0.15) is 6.42 Å². The van der Waals surface area contributed by atoms with Crippen molar-refractivity contribution in [2.75, 3.05) is 0 Å². The third-order valence-electron chi connectivity index (χ3n) is 2.13. The number of nitrogens with zero attached hydrogens (tertiary/aromatic N) is 3. The summed E-state index contributed by atoms with van der Waals surface area (Å²) in [5.41, 5.74) is 1.56. The van der Waals surface area contributed by atoms with Crippen molar-refractivity contribution in [3.63, 3.8) is 0 Å². The number of rotatable bonds is 3. The molecule has 0 saturated carbocycles. The van der Waals surface area contributed by atoms with Crippen molar-refractivity contribution in [2.24, 2.45) is 0 Å². The average molecular weight is 215 g/mol. The molecule has 1 heterocycles. The quantitative estimate of drug-likeness (QED) is 0.734. The molecule has 0 aliphatic carbocycles. The van der Waals surface area contributed by atoms with Gasteiger partial charge in [-0.2, -0.15) is 15.0 Å². The van der Waals surface area contributed by atoms with Crippen molar-refractivity contribution >= 4 is 0 Å². The number of hydrogen-bond acceptors (Lipinski definition) is 2. The maximum Gasteiger partial charge on any atom is 0.123 e. The summed E-state index contributed by atoms with van der Waals surface area (Å²) in [5.74, 6) is 2.26. The van der Waals surface area contributed by atoms with Crippen LogP contribution >= 0.6 is 0 Å². The van der Waals surface area contributed by atoms with E-state index in [0.717, 1.165) is 11.3 Å². The lowest BCUT2D eigenvalue weighted by Crippen LogP contribution is -2.01. The van der Waals surface area contributed by atoms with Crippen LogP contribution in [0.15, 0.2) is 30.5 Å². The third-order valence-corrected chi connectivity index (χ3v) is 2.13. The van der Waals surface area contributed by atoms with E-state index in [1.54, 1.807) is 23.1 Å². The van der Waals surface area contributed by atoms with E-state index in [9.17, 15) is 4.39 Å². The Morgan fingerprint density at radius 2 is 2.06 bits per heavy atom. The van der Waals surface area contributed by atoms with E-state index in [2.05, 4.69) is 16.1 Å². The Balaban J connectivity index is 2.18. The van der Waals surface area contributed by atoms with Gasteiger partial charge in [-0.25, -0.2) is 4.39 Å². The molecule has 3 nitrogen and oxygen atoms in total. The normalized spacial score (nSPS) is 10.0. The summed E-state index contributed by atoms with van der Waals surface area (Å²) in [6.07, 6.45) is 7.39. The molecule has 80 valence electrons. The van der Waals surface area contributed by atoms with Gasteiger partial charge in [0.05, 0.1) is 12.7 Å². The Kier molecular flexibility index (Phi) is 2.97. The highest BCUT2D eigenvalue weighted by atomic mass is 19.1. The van der Waals surface area contributed by atoms with Crippen LogP contribution in [0.5, 0.6) is 0 Å². The van der Waals surface area contributed by atoms with Crippen molar-refractivity contribution in [2.45, 2.75) is 13.0 Å². The smallest absolute Gasteiger partial charge is 0.123 e. The largest absolute Gasteiger partial charge is 0.207 e. The van der Waals surface area contributed by atoms with Crippen molar-refractivity contribution in [3.8, 4) is 23.6 Å². The van der Waals surface area contributed by atoms with Gasteiger partial charge in [0.2, 0.25) is 0 Å². The van der Waals surface area contributed by atoms with Gasteiger partial charge >= 0.3 is 0 Å². The lowest BCUT2D eigenvalue weighted by Gasteiger charge is -1.95. The van der Waals surface area contributed by atoms with Gasteiger partial charge in [0.15, 0.2) is 0 Å². The molecule has 0 bridgehead atoms. The first-order valence-corrected chi connectivity index (χ1v) is 4.89. The number of aromatic nitrogens is 3. The van der Waals surface area contributed by atoms with Crippen LogP contribution in [-0.2, 0) is 6.54 Å². The van der Waals surface area contributed by atoms with Crippen molar-refractivity contribution < 1.29 is 4.39 Å². The summed E-state index contributed by atoms with van der Waals surface area (Å²) in [7, 11) is 0. The summed E-state index contributed by atoms with van der Waals surface area (Å²) in [6, 6.07) is 6.14. The molecule has 1 aromatic heterocycles.